The smallest absolute Gasteiger partial charge is 0.122 e. The van der Waals surface area contributed by atoms with E-state index in [2.05, 4.69) is 6.07 Å². The molecule has 0 aromatic heterocycles. The predicted octanol–water partition coefficient (Wildman–Crippen LogP) is 2.21. The van der Waals surface area contributed by atoms with Gasteiger partial charge in [-0.15, -0.1) is 11.6 Å². The van der Waals surface area contributed by atoms with Crippen molar-refractivity contribution in [2.45, 2.75) is 12.8 Å². The average molecular weight is 258 g/mol. The molecule has 1 aromatic carbocycles. The average Bonchev–Trinajstić information content (AvgIpc) is 2.37. The molecule has 3 nitrogen and oxygen atoms in total. The second-order valence-electron chi connectivity index (χ2n) is 3.65. The van der Waals surface area contributed by atoms with E-state index in [1.165, 1.54) is 5.56 Å². The standard InChI is InChI=1S/C13H20ClNO2/c14-7-9-16-10-11-17-13-6-2-1-4-12(13)5-3-8-15/h1-2,4,6H,3,5,7-11,15H2. The minimum atomic E-state index is 0.521. The second kappa shape index (κ2) is 9.28. The molecule has 0 saturated heterocycles. The molecule has 0 radical (unpaired) electrons. The zero-order valence-corrected chi connectivity index (χ0v) is 10.8. The summed E-state index contributed by atoms with van der Waals surface area (Å²) in [6.07, 6.45) is 1.93. The van der Waals surface area contributed by atoms with Crippen LogP contribution in [0, 0.1) is 0 Å². The summed E-state index contributed by atoms with van der Waals surface area (Å²) in [5.74, 6) is 1.45. The van der Waals surface area contributed by atoms with Crippen molar-refractivity contribution in [1.82, 2.24) is 0 Å². The van der Waals surface area contributed by atoms with Crippen LogP contribution in [0.2, 0.25) is 0 Å². The van der Waals surface area contributed by atoms with Crippen LogP contribution < -0.4 is 10.5 Å². The molecule has 0 saturated carbocycles. The van der Waals surface area contributed by atoms with E-state index in [0.29, 0.717) is 32.2 Å². The van der Waals surface area contributed by atoms with Gasteiger partial charge in [0.1, 0.15) is 12.4 Å². The van der Waals surface area contributed by atoms with Gasteiger partial charge in [-0.05, 0) is 31.0 Å². The fourth-order valence-electron chi connectivity index (χ4n) is 1.51. The molecular weight excluding hydrogens is 238 g/mol. The van der Waals surface area contributed by atoms with Gasteiger partial charge < -0.3 is 15.2 Å². The Morgan fingerprint density at radius 2 is 1.94 bits per heavy atom. The lowest BCUT2D eigenvalue weighted by molar-refractivity contribution is 0.111. The number of nitrogens with two attached hydrogens (primary N) is 1. The van der Waals surface area contributed by atoms with Crippen LogP contribution >= 0.6 is 11.6 Å². The number of hydrogen-bond acceptors (Lipinski definition) is 3. The summed E-state index contributed by atoms with van der Waals surface area (Å²) in [7, 11) is 0. The van der Waals surface area contributed by atoms with Crippen molar-refractivity contribution in [3.05, 3.63) is 29.8 Å². The van der Waals surface area contributed by atoms with Crippen LogP contribution in [0.4, 0.5) is 0 Å². The largest absolute Gasteiger partial charge is 0.491 e. The summed E-state index contributed by atoms with van der Waals surface area (Å²) in [5.41, 5.74) is 6.71. The number of rotatable bonds is 9. The number of para-hydroxylation sites is 1. The Kier molecular flexibility index (Phi) is 7.80. The predicted molar refractivity (Wildman–Crippen MR) is 70.9 cm³/mol. The van der Waals surface area contributed by atoms with Crippen molar-refractivity contribution in [1.29, 1.82) is 0 Å². The van der Waals surface area contributed by atoms with Gasteiger partial charge in [0.2, 0.25) is 0 Å². The molecule has 96 valence electrons. The Bertz CT molecular complexity index is 307. The molecule has 4 heteroatoms. The molecular formula is C13H20ClNO2. The molecule has 0 atom stereocenters. The van der Waals surface area contributed by atoms with Gasteiger partial charge in [0.15, 0.2) is 0 Å². The highest BCUT2D eigenvalue weighted by Crippen LogP contribution is 2.19. The van der Waals surface area contributed by atoms with E-state index < -0.39 is 0 Å². The topological polar surface area (TPSA) is 44.5 Å². The van der Waals surface area contributed by atoms with E-state index in [4.69, 9.17) is 26.8 Å². The van der Waals surface area contributed by atoms with E-state index in [-0.39, 0.29) is 0 Å². The third kappa shape index (κ3) is 5.91. The Morgan fingerprint density at radius 3 is 2.71 bits per heavy atom. The van der Waals surface area contributed by atoms with Gasteiger partial charge in [-0.25, -0.2) is 0 Å². The van der Waals surface area contributed by atoms with E-state index in [0.717, 1.165) is 18.6 Å². The van der Waals surface area contributed by atoms with Gasteiger partial charge in [-0.3, -0.25) is 0 Å². The number of halogens is 1. The number of ether oxygens (including phenoxy) is 2. The van der Waals surface area contributed by atoms with Crippen LogP contribution in [0.1, 0.15) is 12.0 Å². The molecule has 0 fully saturated rings. The fourth-order valence-corrected chi connectivity index (χ4v) is 1.62. The third-order valence-corrected chi connectivity index (χ3v) is 2.48. The lowest BCUT2D eigenvalue weighted by Gasteiger charge is -2.11. The summed E-state index contributed by atoms with van der Waals surface area (Å²) in [6.45, 7) is 2.39. The number of hydrogen-bond donors (Lipinski definition) is 1. The van der Waals surface area contributed by atoms with Crippen LogP contribution in [0.5, 0.6) is 5.75 Å². The lowest BCUT2D eigenvalue weighted by atomic mass is 10.1. The van der Waals surface area contributed by atoms with Crippen molar-refractivity contribution >= 4 is 11.6 Å². The Morgan fingerprint density at radius 1 is 1.12 bits per heavy atom. The van der Waals surface area contributed by atoms with Crippen LogP contribution in [-0.2, 0) is 11.2 Å². The Labute approximate surface area is 108 Å². The highest BCUT2D eigenvalue weighted by atomic mass is 35.5. The fraction of sp³-hybridized carbons (Fsp3) is 0.538. The van der Waals surface area contributed by atoms with E-state index in [1.807, 2.05) is 18.2 Å². The SMILES string of the molecule is NCCCc1ccccc1OCCOCCCl. The molecule has 0 aliphatic rings. The van der Waals surface area contributed by atoms with Crippen molar-refractivity contribution in [3.63, 3.8) is 0 Å². The second-order valence-corrected chi connectivity index (χ2v) is 4.03. The summed E-state index contributed by atoms with van der Waals surface area (Å²) in [4.78, 5) is 0. The molecule has 1 rings (SSSR count). The van der Waals surface area contributed by atoms with Crippen LogP contribution in [-0.4, -0.2) is 32.2 Å². The van der Waals surface area contributed by atoms with Crippen LogP contribution in [0.3, 0.4) is 0 Å². The molecule has 0 amide bonds. The maximum absolute atomic E-state index is 5.67. The van der Waals surface area contributed by atoms with Crippen LogP contribution in [0.15, 0.2) is 24.3 Å². The van der Waals surface area contributed by atoms with Gasteiger partial charge >= 0.3 is 0 Å². The monoisotopic (exact) mass is 257 g/mol. The number of aryl methyl sites for hydroxylation is 1. The summed E-state index contributed by atoms with van der Waals surface area (Å²) in [5, 5.41) is 0. The molecule has 0 aliphatic carbocycles. The highest BCUT2D eigenvalue weighted by Gasteiger charge is 2.02. The number of alkyl halides is 1. The van der Waals surface area contributed by atoms with Crippen molar-refractivity contribution in [3.8, 4) is 5.75 Å². The van der Waals surface area contributed by atoms with E-state index in [1.54, 1.807) is 0 Å². The summed E-state index contributed by atoms with van der Waals surface area (Å²) < 4.78 is 10.9. The Hall–Kier alpha value is -0.770. The number of benzene rings is 1. The first kappa shape index (κ1) is 14.3. The summed E-state index contributed by atoms with van der Waals surface area (Å²) in [6, 6.07) is 8.04. The molecule has 1 aromatic rings. The molecule has 17 heavy (non-hydrogen) atoms. The van der Waals surface area contributed by atoms with E-state index in [9.17, 15) is 0 Å². The lowest BCUT2D eigenvalue weighted by Crippen LogP contribution is -2.09. The summed E-state index contributed by atoms with van der Waals surface area (Å²) >= 11 is 5.50. The first-order valence-corrected chi connectivity index (χ1v) is 6.46. The quantitative estimate of drug-likeness (QED) is 0.545. The maximum Gasteiger partial charge on any atom is 0.122 e. The van der Waals surface area contributed by atoms with Crippen molar-refractivity contribution in [2.75, 3.05) is 32.2 Å². The first-order valence-electron chi connectivity index (χ1n) is 5.93. The molecule has 0 heterocycles. The van der Waals surface area contributed by atoms with Gasteiger partial charge in [0, 0.05) is 5.88 Å². The highest BCUT2D eigenvalue weighted by molar-refractivity contribution is 6.17. The molecule has 0 aliphatic heterocycles. The van der Waals surface area contributed by atoms with Gasteiger partial charge in [0.05, 0.1) is 13.2 Å². The maximum atomic E-state index is 5.67. The zero-order chi connectivity index (χ0) is 12.3. The zero-order valence-electron chi connectivity index (χ0n) is 10.0. The van der Waals surface area contributed by atoms with Crippen molar-refractivity contribution in [2.24, 2.45) is 5.73 Å². The van der Waals surface area contributed by atoms with E-state index >= 15 is 0 Å². The van der Waals surface area contributed by atoms with Crippen molar-refractivity contribution < 1.29 is 9.47 Å². The minimum absolute atomic E-state index is 0.521. The van der Waals surface area contributed by atoms with Gasteiger partial charge in [0.25, 0.3) is 0 Å². The molecule has 2 N–H and O–H groups in total. The first-order chi connectivity index (χ1) is 8.38. The minimum Gasteiger partial charge on any atom is -0.491 e. The third-order valence-electron chi connectivity index (χ3n) is 2.33. The molecule has 0 spiro atoms. The van der Waals surface area contributed by atoms with Gasteiger partial charge in [-0.2, -0.15) is 0 Å². The molecule has 0 unspecified atom stereocenters. The van der Waals surface area contributed by atoms with Crippen LogP contribution in [0.25, 0.3) is 0 Å². The van der Waals surface area contributed by atoms with Gasteiger partial charge in [-0.1, -0.05) is 18.2 Å². The Balaban J connectivity index is 2.35. The molecule has 0 bridgehead atoms. The normalized spacial score (nSPS) is 10.5.